The van der Waals surface area contributed by atoms with Crippen LogP contribution in [-0.2, 0) is 0 Å². The first kappa shape index (κ1) is 14.2. The first-order chi connectivity index (χ1) is 8.27. The van der Waals surface area contributed by atoms with Gasteiger partial charge in [0.25, 0.3) is 0 Å². The zero-order chi connectivity index (χ0) is 12.5. The minimum atomic E-state index is 0.462. The highest BCUT2D eigenvalue weighted by molar-refractivity contribution is 5.19. The average molecular weight is 234 g/mol. The summed E-state index contributed by atoms with van der Waals surface area (Å²) in [5, 5.41) is 3.40. The van der Waals surface area contributed by atoms with Gasteiger partial charge in [-0.3, -0.25) is 4.98 Å². The number of nitrogens with zero attached hydrogens (tertiary/aromatic N) is 1. The van der Waals surface area contributed by atoms with Crippen molar-refractivity contribution in [3.63, 3.8) is 0 Å². The van der Waals surface area contributed by atoms with Crippen LogP contribution in [0.1, 0.15) is 62.6 Å². The fraction of sp³-hybridized carbons (Fsp3) is 0.667. The van der Waals surface area contributed by atoms with E-state index in [1.165, 1.54) is 49.7 Å². The summed E-state index contributed by atoms with van der Waals surface area (Å²) in [5.41, 5.74) is 2.57. The molecule has 1 heterocycles. The van der Waals surface area contributed by atoms with E-state index in [1.54, 1.807) is 0 Å². The molecule has 0 saturated carbocycles. The summed E-state index contributed by atoms with van der Waals surface area (Å²) in [7, 11) is 2.04. The number of pyridine rings is 1. The highest BCUT2D eigenvalue weighted by Crippen LogP contribution is 2.19. The minimum Gasteiger partial charge on any atom is -0.313 e. The second-order valence-corrected chi connectivity index (χ2v) is 4.84. The average Bonchev–Trinajstić information content (AvgIpc) is 2.34. The summed E-state index contributed by atoms with van der Waals surface area (Å²) in [6, 6.07) is 2.70. The summed E-state index contributed by atoms with van der Waals surface area (Å²) in [6.07, 6.45) is 11.8. The smallest absolute Gasteiger partial charge is 0.0332 e. The van der Waals surface area contributed by atoms with E-state index in [0.717, 1.165) is 0 Å². The fourth-order valence-corrected chi connectivity index (χ4v) is 2.20. The lowest BCUT2D eigenvalue weighted by molar-refractivity contribution is 0.499. The SMILES string of the molecule is CCCCCCCC(NC)c1cncc(C)c1. The monoisotopic (exact) mass is 234 g/mol. The van der Waals surface area contributed by atoms with E-state index >= 15 is 0 Å². The molecule has 1 unspecified atom stereocenters. The van der Waals surface area contributed by atoms with Gasteiger partial charge in [0.05, 0.1) is 0 Å². The van der Waals surface area contributed by atoms with Crippen molar-refractivity contribution in [1.29, 1.82) is 0 Å². The van der Waals surface area contributed by atoms with Crippen molar-refractivity contribution in [3.8, 4) is 0 Å². The Morgan fingerprint density at radius 1 is 1.18 bits per heavy atom. The third kappa shape index (κ3) is 5.31. The molecule has 1 N–H and O–H groups in total. The van der Waals surface area contributed by atoms with E-state index in [2.05, 4.69) is 30.2 Å². The van der Waals surface area contributed by atoms with Crippen LogP contribution in [-0.4, -0.2) is 12.0 Å². The summed E-state index contributed by atoms with van der Waals surface area (Å²) >= 11 is 0. The molecule has 0 saturated heterocycles. The fourth-order valence-electron chi connectivity index (χ4n) is 2.20. The van der Waals surface area contributed by atoms with Crippen LogP contribution >= 0.6 is 0 Å². The molecule has 0 spiro atoms. The Bertz CT molecular complexity index is 310. The topological polar surface area (TPSA) is 24.9 Å². The van der Waals surface area contributed by atoms with Crippen LogP contribution in [0.25, 0.3) is 0 Å². The van der Waals surface area contributed by atoms with Gasteiger partial charge in [0, 0.05) is 18.4 Å². The van der Waals surface area contributed by atoms with Crippen molar-refractivity contribution in [3.05, 3.63) is 29.6 Å². The lowest BCUT2D eigenvalue weighted by Gasteiger charge is -2.16. The summed E-state index contributed by atoms with van der Waals surface area (Å²) in [6.45, 7) is 4.36. The van der Waals surface area contributed by atoms with E-state index in [-0.39, 0.29) is 0 Å². The number of aromatic nitrogens is 1. The molecule has 0 bridgehead atoms. The second-order valence-electron chi connectivity index (χ2n) is 4.84. The molecule has 1 aromatic rings. The molecular formula is C15H26N2. The molecular weight excluding hydrogens is 208 g/mol. The standard InChI is InChI=1S/C15H26N2/c1-4-5-6-7-8-9-15(16-3)14-10-13(2)11-17-12-14/h10-12,15-16H,4-9H2,1-3H3. The first-order valence-electron chi connectivity index (χ1n) is 6.86. The van der Waals surface area contributed by atoms with Gasteiger partial charge in [-0.15, -0.1) is 0 Å². The Morgan fingerprint density at radius 2 is 1.94 bits per heavy atom. The maximum Gasteiger partial charge on any atom is 0.0332 e. The molecule has 0 aliphatic rings. The van der Waals surface area contributed by atoms with Crippen molar-refractivity contribution >= 4 is 0 Å². The van der Waals surface area contributed by atoms with Gasteiger partial charge in [-0.1, -0.05) is 45.1 Å². The lowest BCUT2D eigenvalue weighted by atomic mass is 10.0. The Labute approximate surface area is 106 Å². The van der Waals surface area contributed by atoms with E-state index in [4.69, 9.17) is 0 Å². The predicted molar refractivity (Wildman–Crippen MR) is 74.2 cm³/mol. The zero-order valence-electron chi connectivity index (χ0n) is 11.5. The van der Waals surface area contributed by atoms with Crippen molar-refractivity contribution in [2.45, 2.75) is 58.4 Å². The Hall–Kier alpha value is -0.890. The highest BCUT2D eigenvalue weighted by Gasteiger charge is 2.08. The molecule has 0 aromatic carbocycles. The number of hydrogen-bond donors (Lipinski definition) is 1. The molecule has 17 heavy (non-hydrogen) atoms. The molecule has 1 atom stereocenters. The van der Waals surface area contributed by atoms with Gasteiger partial charge in [0.1, 0.15) is 0 Å². The molecule has 0 radical (unpaired) electrons. The van der Waals surface area contributed by atoms with Gasteiger partial charge in [-0.2, -0.15) is 0 Å². The van der Waals surface area contributed by atoms with Gasteiger partial charge in [-0.25, -0.2) is 0 Å². The molecule has 1 aromatic heterocycles. The van der Waals surface area contributed by atoms with Gasteiger partial charge >= 0.3 is 0 Å². The molecule has 2 heteroatoms. The molecule has 0 aliphatic carbocycles. The van der Waals surface area contributed by atoms with E-state index in [1.807, 2.05) is 19.4 Å². The van der Waals surface area contributed by atoms with Crippen LogP contribution < -0.4 is 5.32 Å². The molecule has 0 fully saturated rings. The normalized spacial score (nSPS) is 12.6. The van der Waals surface area contributed by atoms with Crippen LogP contribution in [0.3, 0.4) is 0 Å². The van der Waals surface area contributed by atoms with Gasteiger partial charge in [0.15, 0.2) is 0 Å². The largest absolute Gasteiger partial charge is 0.313 e. The molecule has 96 valence electrons. The van der Waals surface area contributed by atoms with Gasteiger partial charge in [0.2, 0.25) is 0 Å². The third-order valence-electron chi connectivity index (χ3n) is 3.24. The maximum absolute atomic E-state index is 4.27. The lowest BCUT2D eigenvalue weighted by Crippen LogP contribution is -2.16. The number of hydrogen-bond acceptors (Lipinski definition) is 2. The molecule has 2 nitrogen and oxygen atoms in total. The number of unbranched alkanes of at least 4 members (excludes halogenated alkanes) is 4. The van der Waals surface area contributed by atoms with Crippen LogP contribution in [0.2, 0.25) is 0 Å². The Morgan fingerprint density at radius 3 is 2.59 bits per heavy atom. The second kappa shape index (κ2) is 8.24. The molecule has 1 rings (SSSR count). The Kier molecular flexibility index (Phi) is 6.87. The summed E-state index contributed by atoms with van der Waals surface area (Å²) < 4.78 is 0. The predicted octanol–water partition coefficient (Wildman–Crippen LogP) is 4.01. The van der Waals surface area contributed by atoms with Crippen LogP contribution in [0.15, 0.2) is 18.5 Å². The van der Waals surface area contributed by atoms with Crippen LogP contribution in [0.4, 0.5) is 0 Å². The number of aryl methyl sites for hydroxylation is 1. The summed E-state index contributed by atoms with van der Waals surface area (Å²) in [5.74, 6) is 0. The van der Waals surface area contributed by atoms with Crippen molar-refractivity contribution in [1.82, 2.24) is 10.3 Å². The third-order valence-corrected chi connectivity index (χ3v) is 3.24. The van der Waals surface area contributed by atoms with Crippen LogP contribution in [0, 0.1) is 6.92 Å². The first-order valence-corrected chi connectivity index (χ1v) is 6.86. The molecule has 0 amide bonds. The Balaban J connectivity index is 2.38. The highest BCUT2D eigenvalue weighted by atomic mass is 14.9. The van der Waals surface area contributed by atoms with Crippen molar-refractivity contribution in [2.75, 3.05) is 7.05 Å². The van der Waals surface area contributed by atoms with Gasteiger partial charge in [-0.05, 0) is 31.5 Å². The zero-order valence-corrected chi connectivity index (χ0v) is 11.5. The van der Waals surface area contributed by atoms with Gasteiger partial charge < -0.3 is 5.32 Å². The number of rotatable bonds is 8. The molecule has 0 aliphatic heterocycles. The van der Waals surface area contributed by atoms with E-state index in [0.29, 0.717) is 6.04 Å². The number of nitrogens with one attached hydrogen (secondary N) is 1. The quantitative estimate of drug-likeness (QED) is 0.687. The van der Waals surface area contributed by atoms with E-state index in [9.17, 15) is 0 Å². The van der Waals surface area contributed by atoms with Crippen molar-refractivity contribution < 1.29 is 0 Å². The van der Waals surface area contributed by atoms with E-state index < -0.39 is 0 Å². The van der Waals surface area contributed by atoms with Crippen LogP contribution in [0.5, 0.6) is 0 Å². The van der Waals surface area contributed by atoms with Crippen molar-refractivity contribution in [2.24, 2.45) is 0 Å². The minimum absolute atomic E-state index is 0.462. The maximum atomic E-state index is 4.27. The summed E-state index contributed by atoms with van der Waals surface area (Å²) in [4.78, 5) is 4.27.